The van der Waals surface area contributed by atoms with Crippen molar-refractivity contribution in [1.82, 2.24) is 4.90 Å². The van der Waals surface area contributed by atoms with Crippen LogP contribution in [0.15, 0.2) is 24.3 Å². The van der Waals surface area contributed by atoms with Crippen molar-refractivity contribution in [2.75, 3.05) is 19.7 Å². The minimum Gasteiger partial charge on any atom is -0.466 e. The zero-order valence-corrected chi connectivity index (χ0v) is 12.1. The van der Waals surface area contributed by atoms with Gasteiger partial charge in [-0.25, -0.2) is 4.79 Å². The summed E-state index contributed by atoms with van der Waals surface area (Å²) < 4.78 is 10.6. The molecule has 5 nitrogen and oxygen atoms in total. The van der Waals surface area contributed by atoms with Crippen LogP contribution >= 0.6 is 0 Å². The van der Waals surface area contributed by atoms with Gasteiger partial charge >= 0.3 is 11.9 Å². The molecule has 5 heteroatoms. The van der Waals surface area contributed by atoms with Crippen LogP contribution in [0.3, 0.4) is 0 Å². The van der Waals surface area contributed by atoms with Gasteiger partial charge in [0.05, 0.1) is 18.1 Å². The highest BCUT2D eigenvalue weighted by Crippen LogP contribution is 2.35. The molecule has 0 bridgehead atoms. The maximum Gasteiger partial charge on any atom is 0.340 e. The topological polar surface area (TPSA) is 55.8 Å². The van der Waals surface area contributed by atoms with Crippen molar-refractivity contribution < 1.29 is 19.1 Å². The minimum absolute atomic E-state index is 0.0338. The van der Waals surface area contributed by atoms with Gasteiger partial charge in [0.15, 0.2) is 6.23 Å². The maximum absolute atomic E-state index is 11.9. The number of cyclic esters (lactones) is 1. The number of hydrogen-bond donors (Lipinski definition) is 0. The van der Waals surface area contributed by atoms with Gasteiger partial charge in [0.1, 0.15) is 0 Å². The van der Waals surface area contributed by atoms with Crippen LogP contribution in [0, 0.1) is 5.92 Å². The molecule has 0 radical (unpaired) electrons. The van der Waals surface area contributed by atoms with E-state index in [9.17, 15) is 9.59 Å². The van der Waals surface area contributed by atoms with E-state index in [4.69, 9.17) is 9.47 Å². The molecule has 1 aromatic rings. The molecule has 21 heavy (non-hydrogen) atoms. The summed E-state index contributed by atoms with van der Waals surface area (Å²) in [6, 6.07) is 7.49. The summed E-state index contributed by atoms with van der Waals surface area (Å²) in [5.41, 5.74) is 1.58. The first kappa shape index (κ1) is 14.1. The van der Waals surface area contributed by atoms with Crippen molar-refractivity contribution in [2.24, 2.45) is 5.92 Å². The average Bonchev–Trinajstić information content (AvgIpc) is 2.85. The van der Waals surface area contributed by atoms with Gasteiger partial charge in [-0.15, -0.1) is 0 Å². The van der Waals surface area contributed by atoms with E-state index < -0.39 is 0 Å². The van der Waals surface area contributed by atoms with Gasteiger partial charge in [-0.3, -0.25) is 9.69 Å². The highest BCUT2D eigenvalue weighted by Gasteiger charge is 2.37. The second kappa shape index (κ2) is 5.85. The molecule has 112 valence electrons. The number of hydrogen-bond acceptors (Lipinski definition) is 5. The van der Waals surface area contributed by atoms with Gasteiger partial charge in [0.2, 0.25) is 0 Å². The van der Waals surface area contributed by atoms with E-state index in [0.29, 0.717) is 12.2 Å². The first-order valence-electron chi connectivity index (χ1n) is 7.41. The molecular formula is C16H19NO4. The molecule has 0 spiro atoms. The molecule has 1 atom stereocenters. The Hall–Kier alpha value is -1.88. The Kier molecular flexibility index (Phi) is 3.92. The molecule has 1 aromatic carbocycles. The maximum atomic E-state index is 11.9. The number of benzene rings is 1. The van der Waals surface area contributed by atoms with Crippen molar-refractivity contribution in [1.29, 1.82) is 0 Å². The zero-order valence-electron chi connectivity index (χ0n) is 12.1. The van der Waals surface area contributed by atoms with Gasteiger partial charge in [-0.1, -0.05) is 18.2 Å². The summed E-state index contributed by atoms with van der Waals surface area (Å²) in [5, 5.41) is 0. The zero-order chi connectivity index (χ0) is 14.8. The van der Waals surface area contributed by atoms with Crippen molar-refractivity contribution in [2.45, 2.75) is 26.0 Å². The fourth-order valence-electron chi connectivity index (χ4n) is 3.03. The summed E-state index contributed by atoms with van der Waals surface area (Å²) in [5.74, 6) is -0.405. The van der Waals surface area contributed by atoms with Crippen LogP contribution in [0.1, 0.15) is 41.9 Å². The molecule has 2 heterocycles. The fraction of sp³-hybridized carbons (Fsp3) is 0.500. The largest absolute Gasteiger partial charge is 0.466 e. The monoisotopic (exact) mass is 289 g/mol. The number of likely N-dealkylation sites (tertiary alicyclic amines) is 1. The Morgan fingerprint density at radius 2 is 2.05 bits per heavy atom. The Morgan fingerprint density at radius 3 is 2.76 bits per heavy atom. The van der Waals surface area contributed by atoms with E-state index in [1.54, 1.807) is 6.07 Å². The van der Waals surface area contributed by atoms with E-state index >= 15 is 0 Å². The third-order valence-corrected chi connectivity index (χ3v) is 4.15. The molecular weight excluding hydrogens is 270 g/mol. The van der Waals surface area contributed by atoms with Crippen molar-refractivity contribution >= 4 is 11.9 Å². The Labute approximate surface area is 123 Å². The fourth-order valence-corrected chi connectivity index (χ4v) is 3.03. The molecule has 0 N–H and O–H groups in total. The number of piperidine rings is 1. The molecule has 0 saturated carbocycles. The smallest absolute Gasteiger partial charge is 0.340 e. The number of carbonyl (C=O) groups is 2. The lowest BCUT2D eigenvalue weighted by molar-refractivity contribution is -0.150. The number of rotatable bonds is 3. The molecule has 0 aliphatic carbocycles. The molecule has 0 aromatic heterocycles. The summed E-state index contributed by atoms with van der Waals surface area (Å²) in [4.78, 5) is 25.7. The summed E-state index contributed by atoms with van der Waals surface area (Å²) in [6.07, 6.45) is 1.18. The molecule has 2 aliphatic rings. The molecule has 3 rings (SSSR count). The minimum atomic E-state index is -0.308. The van der Waals surface area contributed by atoms with E-state index in [0.717, 1.165) is 31.5 Å². The average molecular weight is 289 g/mol. The normalized spacial score (nSPS) is 22.7. The van der Waals surface area contributed by atoms with Gasteiger partial charge in [-0.05, 0) is 25.8 Å². The van der Waals surface area contributed by atoms with Crippen LogP contribution < -0.4 is 0 Å². The second-order valence-electron chi connectivity index (χ2n) is 5.41. The number of nitrogens with zero attached hydrogens (tertiary/aromatic N) is 1. The molecule has 1 saturated heterocycles. The number of ether oxygens (including phenoxy) is 2. The van der Waals surface area contributed by atoms with Gasteiger partial charge in [0, 0.05) is 18.7 Å². The molecule has 1 fully saturated rings. The first-order chi connectivity index (χ1) is 10.2. The van der Waals surface area contributed by atoms with Gasteiger partial charge in [-0.2, -0.15) is 0 Å². The lowest BCUT2D eigenvalue weighted by atomic mass is 9.96. The summed E-state index contributed by atoms with van der Waals surface area (Å²) in [6.45, 7) is 3.71. The van der Waals surface area contributed by atoms with Crippen molar-refractivity contribution in [3.63, 3.8) is 0 Å². The highest BCUT2D eigenvalue weighted by molar-refractivity contribution is 5.93. The lowest BCUT2D eigenvalue weighted by Crippen LogP contribution is -2.39. The third-order valence-electron chi connectivity index (χ3n) is 4.15. The van der Waals surface area contributed by atoms with E-state index in [2.05, 4.69) is 4.90 Å². The second-order valence-corrected chi connectivity index (χ2v) is 5.41. The predicted octanol–water partition coefficient (Wildman–Crippen LogP) is 2.13. The number of carbonyl (C=O) groups excluding carboxylic acids is 2. The third kappa shape index (κ3) is 2.65. The van der Waals surface area contributed by atoms with Crippen LogP contribution in [0.5, 0.6) is 0 Å². The Balaban J connectivity index is 1.66. The number of fused-ring (bicyclic) bond motifs is 1. The van der Waals surface area contributed by atoms with Gasteiger partial charge < -0.3 is 9.47 Å². The molecule has 0 unspecified atom stereocenters. The highest BCUT2D eigenvalue weighted by atomic mass is 16.6. The van der Waals surface area contributed by atoms with Crippen LogP contribution in [0.25, 0.3) is 0 Å². The quantitative estimate of drug-likeness (QED) is 0.798. The van der Waals surface area contributed by atoms with Crippen LogP contribution in [0.2, 0.25) is 0 Å². The van der Waals surface area contributed by atoms with Crippen molar-refractivity contribution in [3.8, 4) is 0 Å². The van der Waals surface area contributed by atoms with Gasteiger partial charge in [0.25, 0.3) is 0 Å². The molecule has 0 amide bonds. The first-order valence-corrected chi connectivity index (χ1v) is 7.41. The summed E-state index contributed by atoms with van der Waals surface area (Å²) >= 11 is 0. The lowest BCUT2D eigenvalue weighted by Gasteiger charge is -2.34. The van der Waals surface area contributed by atoms with Crippen LogP contribution in [0.4, 0.5) is 0 Å². The van der Waals surface area contributed by atoms with Crippen molar-refractivity contribution in [3.05, 3.63) is 35.4 Å². The van der Waals surface area contributed by atoms with E-state index in [1.807, 2.05) is 25.1 Å². The molecule has 2 aliphatic heterocycles. The Bertz CT molecular complexity index is 549. The predicted molar refractivity (Wildman–Crippen MR) is 75.5 cm³/mol. The van der Waals surface area contributed by atoms with E-state index in [1.165, 1.54) is 0 Å². The van der Waals surface area contributed by atoms with Crippen LogP contribution in [-0.2, 0) is 14.3 Å². The van der Waals surface area contributed by atoms with Crippen LogP contribution in [-0.4, -0.2) is 36.5 Å². The number of esters is 2. The SMILES string of the molecule is CCOC(=O)C1CCN([C@H]2OC(=O)c3ccccc32)CC1. The van der Waals surface area contributed by atoms with E-state index in [-0.39, 0.29) is 24.1 Å². The Morgan fingerprint density at radius 1 is 1.33 bits per heavy atom. The standard InChI is InChI=1S/C16H19NO4/c1-2-20-15(18)11-7-9-17(10-8-11)14-12-5-3-4-6-13(12)16(19)21-14/h3-6,11,14H,2,7-10H2,1H3/t14-/m0/s1. The summed E-state index contributed by atoms with van der Waals surface area (Å²) in [7, 11) is 0.